The first-order valence-corrected chi connectivity index (χ1v) is 9.61. The molecule has 1 aromatic heterocycles. The number of nitrogens with one attached hydrogen (secondary N) is 2. The molecule has 25 heavy (non-hydrogen) atoms. The Morgan fingerprint density at radius 3 is 2.76 bits per heavy atom. The van der Waals surface area contributed by atoms with Crippen molar-refractivity contribution in [1.29, 1.82) is 0 Å². The van der Waals surface area contributed by atoms with Gasteiger partial charge in [0.2, 0.25) is 11.8 Å². The number of hydrogen-bond donors (Lipinski definition) is 2. The van der Waals surface area contributed by atoms with Gasteiger partial charge in [-0.3, -0.25) is 9.59 Å². The molecule has 0 bridgehead atoms. The standard InChI is InChI=1S/C17H23ClN4O2S/c1-4-7-22-14-6-5-12(18)8-13(14)21-17(22)25-10-16(24)19-9-15(23)20-11(2)3/h5-6,8,11H,4,7,9-10H2,1-3H3,(H,19,24)(H,20,23). The van der Waals surface area contributed by atoms with Crippen molar-refractivity contribution in [2.45, 2.75) is 44.9 Å². The maximum absolute atomic E-state index is 12.0. The second-order valence-corrected chi connectivity index (χ2v) is 7.35. The molecule has 1 aromatic carbocycles. The first-order chi connectivity index (χ1) is 11.9. The summed E-state index contributed by atoms with van der Waals surface area (Å²) >= 11 is 7.39. The van der Waals surface area contributed by atoms with Gasteiger partial charge in [0.25, 0.3) is 0 Å². The van der Waals surface area contributed by atoms with Gasteiger partial charge in [-0.1, -0.05) is 30.3 Å². The van der Waals surface area contributed by atoms with Crippen molar-refractivity contribution in [2.75, 3.05) is 12.3 Å². The zero-order valence-corrected chi connectivity index (χ0v) is 16.2. The Balaban J connectivity index is 1.99. The average molecular weight is 383 g/mol. The first kappa shape index (κ1) is 19.6. The summed E-state index contributed by atoms with van der Waals surface area (Å²) in [4.78, 5) is 28.1. The quantitative estimate of drug-likeness (QED) is 0.688. The van der Waals surface area contributed by atoms with Gasteiger partial charge < -0.3 is 15.2 Å². The van der Waals surface area contributed by atoms with E-state index in [0.29, 0.717) is 5.02 Å². The van der Waals surface area contributed by atoms with E-state index in [4.69, 9.17) is 11.6 Å². The van der Waals surface area contributed by atoms with Gasteiger partial charge in [0.1, 0.15) is 0 Å². The third kappa shape index (κ3) is 5.64. The number of carbonyl (C=O) groups is 2. The van der Waals surface area contributed by atoms with Crippen molar-refractivity contribution in [3.8, 4) is 0 Å². The van der Waals surface area contributed by atoms with Crippen LogP contribution >= 0.6 is 23.4 Å². The topological polar surface area (TPSA) is 76.0 Å². The largest absolute Gasteiger partial charge is 0.352 e. The molecule has 6 nitrogen and oxygen atoms in total. The van der Waals surface area contributed by atoms with Crippen molar-refractivity contribution in [3.05, 3.63) is 23.2 Å². The molecule has 0 unspecified atom stereocenters. The molecule has 1 heterocycles. The summed E-state index contributed by atoms with van der Waals surface area (Å²) < 4.78 is 2.09. The molecule has 2 N–H and O–H groups in total. The SMILES string of the molecule is CCCn1c(SCC(=O)NCC(=O)NC(C)C)nc2cc(Cl)ccc21. The Hall–Kier alpha value is -1.73. The second kappa shape index (κ2) is 9.10. The summed E-state index contributed by atoms with van der Waals surface area (Å²) in [5.74, 6) is -0.186. The Morgan fingerprint density at radius 1 is 1.32 bits per heavy atom. The van der Waals surface area contributed by atoms with E-state index in [0.717, 1.165) is 29.2 Å². The van der Waals surface area contributed by atoms with E-state index in [2.05, 4.69) is 27.1 Å². The van der Waals surface area contributed by atoms with Crippen molar-refractivity contribution < 1.29 is 9.59 Å². The molecule has 0 atom stereocenters. The van der Waals surface area contributed by atoms with Crippen LogP contribution in [0.5, 0.6) is 0 Å². The molecular formula is C17H23ClN4O2S. The van der Waals surface area contributed by atoms with E-state index >= 15 is 0 Å². The lowest BCUT2D eigenvalue weighted by Gasteiger charge is -2.09. The summed E-state index contributed by atoms with van der Waals surface area (Å²) in [6, 6.07) is 5.66. The lowest BCUT2D eigenvalue weighted by atomic mass is 10.3. The molecule has 0 aliphatic carbocycles. The Labute approximate surface area is 156 Å². The molecule has 2 aromatic rings. The van der Waals surface area contributed by atoms with E-state index in [1.54, 1.807) is 0 Å². The van der Waals surface area contributed by atoms with Crippen molar-refractivity contribution in [3.63, 3.8) is 0 Å². The highest BCUT2D eigenvalue weighted by atomic mass is 35.5. The lowest BCUT2D eigenvalue weighted by molar-refractivity contribution is -0.125. The Bertz CT molecular complexity index is 760. The minimum Gasteiger partial charge on any atom is -0.352 e. The summed E-state index contributed by atoms with van der Waals surface area (Å²) in [6.07, 6.45) is 0.962. The third-order valence-electron chi connectivity index (χ3n) is 3.35. The predicted molar refractivity (Wildman–Crippen MR) is 102 cm³/mol. The van der Waals surface area contributed by atoms with Gasteiger partial charge in [0, 0.05) is 17.6 Å². The number of aromatic nitrogens is 2. The zero-order valence-electron chi connectivity index (χ0n) is 14.6. The molecule has 0 fully saturated rings. The number of halogens is 1. The van der Waals surface area contributed by atoms with Gasteiger partial charge >= 0.3 is 0 Å². The fourth-order valence-electron chi connectivity index (χ4n) is 2.36. The fraction of sp³-hybridized carbons (Fsp3) is 0.471. The molecular weight excluding hydrogens is 360 g/mol. The first-order valence-electron chi connectivity index (χ1n) is 8.25. The van der Waals surface area contributed by atoms with E-state index in [9.17, 15) is 9.59 Å². The molecule has 2 amide bonds. The number of aryl methyl sites for hydroxylation is 1. The van der Waals surface area contributed by atoms with Gasteiger partial charge in [-0.2, -0.15) is 0 Å². The number of thioether (sulfide) groups is 1. The number of nitrogens with zero attached hydrogens (tertiary/aromatic N) is 2. The van der Waals surface area contributed by atoms with Gasteiger partial charge in [0.15, 0.2) is 5.16 Å². The van der Waals surface area contributed by atoms with Crippen LogP contribution in [0.2, 0.25) is 5.02 Å². The molecule has 0 spiro atoms. The average Bonchev–Trinajstić information content (AvgIpc) is 2.87. The van der Waals surface area contributed by atoms with E-state index in [1.807, 2.05) is 32.0 Å². The smallest absolute Gasteiger partial charge is 0.239 e. The summed E-state index contributed by atoms with van der Waals surface area (Å²) in [7, 11) is 0. The van der Waals surface area contributed by atoms with Crippen molar-refractivity contribution in [2.24, 2.45) is 0 Å². The second-order valence-electron chi connectivity index (χ2n) is 5.97. The molecule has 8 heteroatoms. The summed E-state index contributed by atoms with van der Waals surface area (Å²) in [5.41, 5.74) is 1.82. The summed E-state index contributed by atoms with van der Waals surface area (Å²) in [6.45, 7) is 6.65. The summed E-state index contributed by atoms with van der Waals surface area (Å²) in [5, 5.41) is 6.77. The number of amides is 2. The molecule has 0 saturated carbocycles. The highest BCUT2D eigenvalue weighted by molar-refractivity contribution is 7.99. The number of hydrogen-bond acceptors (Lipinski definition) is 4. The van der Waals surface area contributed by atoms with Gasteiger partial charge in [-0.15, -0.1) is 0 Å². The monoisotopic (exact) mass is 382 g/mol. The molecule has 0 radical (unpaired) electrons. The maximum atomic E-state index is 12.0. The van der Waals surface area contributed by atoms with Crippen LogP contribution in [0, 0.1) is 0 Å². The van der Waals surface area contributed by atoms with Crippen LogP contribution in [-0.2, 0) is 16.1 Å². The molecule has 0 aliphatic rings. The highest BCUT2D eigenvalue weighted by Gasteiger charge is 2.13. The van der Waals surface area contributed by atoms with Crippen LogP contribution in [-0.4, -0.2) is 39.7 Å². The van der Waals surface area contributed by atoms with Crippen LogP contribution in [0.25, 0.3) is 11.0 Å². The predicted octanol–water partition coefficient (Wildman–Crippen LogP) is 2.83. The minimum atomic E-state index is -0.197. The van der Waals surface area contributed by atoms with Gasteiger partial charge in [-0.05, 0) is 38.5 Å². The molecule has 136 valence electrons. The fourth-order valence-corrected chi connectivity index (χ4v) is 3.40. The number of imidazole rings is 1. The van der Waals surface area contributed by atoms with E-state index in [-0.39, 0.29) is 30.2 Å². The molecule has 0 aliphatic heterocycles. The van der Waals surface area contributed by atoms with Crippen LogP contribution in [0.1, 0.15) is 27.2 Å². The lowest BCUT2D eigenvalue weighted by Crippen LogP contribution is -2.40. The highest BCUT2D eigenvalue weighted by Crippen LogP contribution is 2.26. The third-order valence-corrected chi connectivity index (χ3v) is 4.56. The van der Waals surface area contributed by atoms with Crippen molar-refractivity contribution >= 4 is 46.2 Å². The van der Waals surface area contributed by atoms with Crippen molar-refractivity contribution in [1.82, 2.24) is 20.2 Å². The molecule has 0 saturated heterocycles. The number of carbonyl (C=O) groups excluding carboxylic acids is 2. The van der Waals surface area contributed by atoms with E-state index < -0.39 is 0 Å². The Morgan fingerprint density at radius 2 is 2.08 bits per heavy atom. The number of rotatable bonds is 8. The van der Waals surface area contributed by atoms with Crippen LogP contribution in [0.15, 0.2) is 23.4 Å². The zero-order chi connectivity index (χ0) is 18.4. The minimum absolute atomic E-state index is 0.0153. The van der Waals surface area contributed by atoms with Gasteiger partial charge in [-0.25, -0.2) is 4.98 Å². The van der Waals surface area contributed by atoms with Gasteiger partial charge in [0.05, 0.1) is 23.3 Å². The maximum Gasteiger partial charge on any atom is 0.239 e. The van der Waals surface area contributed by atoms with Crippen LogP contribution < -0.4 is 10.6 Å². The van der Waals surface area contributed by atoms with Crippen LogP contribution in [0.3, 0.4) is 0 Å². The number of benzene rings is 1. The Kier molecular flexibility index (Phi) is 7.13. The number of fused-ring (bicyclic) bond motifs is 1. The molecule has 2 rings (SSSR count). The van der Waals surface area contributed by atoms with Crippen LogP contribution in [0.4, 0.5) is 0 Å². The normalized spacial score (nSPS) is 11.1. The van der Waals surface area contributed by atoms with E-state index in [1.165, 1.54) is 11.8 Å².